The molecule has 2 rings (SSSR count). The monoisotopic (exact) mass is 299 g/mol. The van der Waals surface area contributed by atoms with Gasteiger partial charge in [-0.15, -0.1) is 5.10 Å². The van der Waals surface area contributed by atoms with Crippen molar-refractivity contribution in [2.75, 3.05) is 10.5 Å². The molecule has 0 aliphatic carbocycles. The maximum absolute atomic E-state index is 12.0. The highest BCUT2D eigenvalue weighted by Crippen LogP contribution is 2.24. The van der Waals surface area contributed by atoms with Crippen LogP contribution in [0.4, 0.5) is 17.3 Å². The Bertz CT molecular complexity index is 769. The van der Waals surface area contributed by atoms with Gasteiger partial charge in [-0.3, -0.25) is 10.1 Å². The topological polar surface area (TPSA) is 159 Å². The van der Waals surface area contributed by atoms with E-state index >= 15 is 0 Å². The smallest absolute Gasteiger partial charge is 0.277 e. The number of nitro groups is 1. The van der Waals surface area contributed by atoms with Gasteiger partial charge in [-0.2, -0.15) is 4.80 Å². The van der Waals surface area contributed by atoms with Gasteiger partial charge in [-0.25, -0.2) is 13.1 Å². The summed E-state index contributed by atoms with van der Waals surface area (Å²) < 4.78 is 26.1. The molecule has 0 saturated carbocycles. The number of nitro benzene ring substituents is 1. The molecule has 0 unspecified atom stereocenters. The summed E-state index contributed by atoms with van der Waals surface area (Å²) in [4.78, 5) is 10.6. The summed E-state index contributed by atoms with van der Waals surface area (Å²) in [6, 6.07) is 3.03. The summed E-state index contributed by atoms with van der Waals surface area (Å²) in [6.07, 6.45) is 0. The van der Waals surface area contributed by atoms with Crippen molar-refractivity contribution in [3.05, 3.63) is 28.3 Å². The summed E-state index contributed by atoms with van der Waals surface area (Å²) in [6.45, 7) is 0. The van der Waals surface area contributed by atoms with Crippen molar-refractivity contribution in [3.63, 3.8) is 0 Å². The van der Waals surface area contributed by atoms with Crippen molar-refractivity contribution in [1.82, 2.24) is 20.2 Å². The number of anilines is 2. The second-order valence-electron chi connectivity index (χ2n) is 3.69. The molecule has 12 heteroatoms. The zero-order valence-corrected chi connectivity index (χ0v) is 10.9. The van der Waals surface area contributed by atoms with Gasteiger partial charge in [-0.05, 0) is 11.3 Å². The van der Waals surface area contributed by atoms with E-state index in [4.69, 9.17) is 5.73 Å². The van der Waals surface area contributed by atoms with Crippen molar-refractivity contribution in [1.29, 1.82) is 0 Å². The molecular weight excluding hydrogens is 290 g/mol. The van der Waals surface area contributed by atoms with E-state index in [1.807, 2.05) is 0 Å². The summed E-state index contributed by atoms with van der Waals surface area (Å²) in [7, 11) is -2.59. The van der Waals surface area contributed by atoms with Gasteiger partial charge in [0.25, 0.3) is 21.7 Å². The maximum Gasteiger partial charge on any atom is 0.277 e. The number of aromatic nitrogens is 4. The fraction of sp³-hybridized carbons (Fsp3) is 0.125. The van der Waals surface area contributed by atoms with E-state index in [0.717, 1.165) is 23.0 Å². The summed E-state index contributed by atoms with van der Waals surface area (Å²) >= 11 is 0. The lowest BCUT2D eigenvalue weighted by Gasteiger charge is -2.06. The molecule has 20 heavy (non-hydrogen) atoms. The Morgan fingerprint density at radius 2 is 2.15 bits per heavy atom. The molecule has 0 fully saturated rings. The van der Waals surface area contributed by atoms with Crippen LogP contribution in [-0.2, 0) is 17.1 Å². The first kappa shape index (κ1) is 13.7. The van der Waals surface area contributed by atoms with Crippen molar-refractivity contribution in [2.45, 2.75) is 4.90 Å². The fourth-order valence-corrected chi connectivity index (χ4v) is 2.44. The lowest BCUT2D eigenvalue weighted by atomic mass is 10.3. The zero-order chi connectivity index (χ0) is 14.9. The SMILES string of the molecule is Cn1nnc(NS(=O)(=O)c2ccc([N+](=O)[O-])cc2N)n1. The molecule has 106 valence electrons. The third kappa shape index (κ3) is 2.64. The third-order valence-electron chi connectivity index (χ3n) is 2.23. The van der Waals surface area contributed by atoms with Crippen molar-refractivity contribution in [2.24, 2.45) is 7.05 Å². The minimum absolute atomic E-state index is 0.231. The van der Waals surface area contributed by atoms with Crippen LogP contribution in [0.5, 0.6) is 0 Å². The third-order valence-corrected chi connectivity index (χ3v) is 3.63. The van der Waals surface area contributed by atoms with E-state index in [1.54, 1.807) is 0 Å². The number of benzene rings is 1. The molecule has 2 aromatic rings. The van der Waals surface area contributed by atoms with Crippen LogP contribution in [0.25, 0.3) is 0 Å². The number of nitrogens with zero attached hydrogens (tertiary/aromatic N) is 5. The molecule has 0 amide bonds. The zero-order valence-electron chi connectivity index (χ0n) is 10.1. The quantitative estimate of drug-likeness (QED) is 0.434. The Labute approximate surface area is 112 Å². The summed E-state index contributed by atoms with van der Waals surface area (Å²) in [5.41, 5.74) is 4.96. The summed E-state index contributed by atoms with van der Waals surface area (Å²) in [5, 5.41) is 21.1. The number of aryl methyl sites for hydroxylation is 1. The van der Waals surface area contributed by atoms with Crippen LogP contribution in [0.1, 0.15) is 0 Å². The molecule has 0 aliphatic rings. The molecule has 0 atom stereocenters. The van der Waals surface area contributed by atoms with E-state index in [0.29, 0.717) is 0 Å². The number of hydrogen-bond acceptors (Lipinski definition) is 8. The second kappa shape index (κ2) is 4.73. The van der Waals surface area contributed by atoms with Crippen LogP contribution < -0.4 is 10.5 Å². The van der Waals surface area contributed by atoms with Gasteiger partial charge in [0.2, 0.25) is 0 Å². The first-order chi connectivity index (χ1) is 9.29. The Hall–Kier alpha value is -2.76. The van der Waals surface area contributed by atoms with Crippen LogP contribution in [0, 0.1) is 10.1 Å². The maximum atomic E-state index is 12.0. The number of nitrogen functional groups attached to an aromatic ring is 1. The molecule has 1 heterocycles. The van der Waals surface area contributed by atoms with Gasteiger partial charge < -0.3 is 5.73 Å². The largest absolute Gasteiger partial charge is 0.397 e. The van der Waals surface area contributed by atoms with Gasteiger partial charge in [0.15, 0.2) is 0 Å². The van der Waals surface area contributed by atoms with E-state index in [-0.39, 0.29) is 22.2 Å². The Morgan fingerprint density at radius 3 is 2.65 bits per heavy atom. The number of nitrogens with two attached hydrogens (primary N) is 1. The molecular formula is C8H9N7O4S. The molecule has 0 saturated heterocycles. The first-order valence-electron chi connectivity index (χ1n) is 5.10. The Balaban J connectivity index is 2.37. The van der Waals surface area contributed by atoms with E-state index in [1.165, 1.54) is 7.05 Å². The molecule has 0 radical (unpaired) electrons. The predicted molar refractivity (Wildman–Crippen MR) is 67.1 cm³/mol. The highest BCUT2D eigenvalue weighted by atomic mass is 32.2. The van der Waals surface area contributed by atoms with Gasteiger partial charge >= 0.3 is 0 Å². The number of nitrogens with one attached hydrogen (secondary N) is 1. The van der Waals surface area contributed by atoms with E-state index in [9.17, 15) is 18.5 Å². The normalized spacial score (nSPS) is 11.2. The average Bonchev–Trinajstić information content (AvgIpc) is 2.73. The number of non-ortho nitro benzene ring substituents is 1. The summed E-state index contributed by atoms with van der Waals surface area (Å²) in [5.74, 6) is -0.231. The lowest BCUT2D eigenvalue weighted by molar-refractivity contribution is -0.384. The number of tetrazole rings is 1. The van der Waals surface area contributed by atoms with Crippen LogP contribution in [0.2, 0.25) is 0 Å². The Kier molecular flexibility index (Phi) is 3.23. The highest BCUT2D eigenvalue weighted by molar-refractivity contribution is 7.92. The Morgan fingerprint density at radius 1 is 1.45 bits per heavy atom. The molecule has 11 nitrogen and oxygen atoms in total. The number of sulfonamides is 1. The van der Waals surface area contributed by atoms with Crippen molar-refractivity contribution in [3.8, 4) is 0 Å². The molecule has 1 aromatic carbocycles. The van der Waals surface area contributed by atoms with Gasteiger partial charge in [0.1, 0.15) is 4.90 Å². The lowest BCUT2D eigenvalue weighted by Crippen LogP contribution is -2.16. The van der Waals surface area contributed by atoms with Crippen molar-refractivity contribution >= 4 is 27.3 Å². The minimum Gasteiger partial charge on any atom is -0.397 e. The number of hydrogen-bond donors (Lipinski definition) is 2. The van der Waals surface area contributed by atoms with Crippen LogP contribution in [-0.4, -0.2) is 33.5 Å². The van der Waals surface area contributed by atoms with E-state index in [2.05, 4.69) is 20.1 Å². The second-order valence-corrected chi connectivity index (χ2v) is 5.34. The molecule has 0 bridgehead atoms. The molecule has 0 spiro atoms. The average molecular weight is 299 g/mol. The standard InChI is InChI=1S/C8H9N7O4S/c1-14-11-8(10-13-14)12-20(18,19)7-3-2-5(15(16)17)4-6(7)9/h2-4H,9H2,1H3,(H,11,12). The van der Waals surface area contributed by atoms with Crippen LogP contribution in [0.3, 0.4) is 0 Å². The first-order valence-corrected chi connectivity index (χ1v) is 6.58. The van der Waals surface area contributed by atoms with Gasteiger partial charge in [0.05, 0.1) is 17.7 Å². The predicted octanol–water partition coefficient (Wildman–Crippen LogP) is -0.499. The van der Waals surface area contributed by atoms with Gasteiger partial charge in [-0.1, -0.05) is 5.10 Å². The van der Waals surface area contributed by atoms with Crippen molar-refractivity contribution < 1.29 is 13.3 Å². The van der Waals surface area contributed by atoms with Gasteiger partial charge in [0, 0.05) is 12.1 Å². The van der Waals surface area contributed by atoms with Crippen LogP contribution in [0.15, 0.2) is 23.1 Å². The van der Waals surface area contributed by atoms with Crippen LogP contribution >= 0.6 is 0 Å². The molecule has 1 aromatic heterocycles. The molecule has 0 aliphatic heterocycles. The number of rotatable bonds is 4. The minimum atomic E-state index is -4.05. The van der Waals surface area contributed by atoms with E-state index < -0.39 is 14.9 Å². The fourth-order valence-electron chi connectivity index (χ4n) is 1.39. The highest BCUT2D eigenvalue weighted by Gasteiger charge is 2.21. The molecule has 3 N–H and O–H groups in total.